The highest BCUT2D eigenvalue weighted by Crippen LogP contribution is 2.24. The summed E-state index contributed by atoms with van der Waals surface area (Å²) in [6, 6.07) is 0. The van der Waals surface area contributed by atoms with Gasteiger partial charge in [-0.15, -0.1) is 0 Å². The molecule has 0 aromatic rings. The third-order valence-corrected chi connectivity index (χ3v) is 5.35. The first-order valence-electron chi connectivity index (χ1n) is 4.82. The van der Waals surface area contributed by atoms with Gasteiger partial charge in [0.2, 0.25) is 0 Å². The molecule has 1 rings (SSSR count). The summed E-state index contributed by atoms with van der Waals surface area (Å²) >= 11 is 0. The van der Waals surface area contributed by atoms with E-state index in [0.717, 1.165) is 25.8 Å². The average molecular weight is 205 g/mol. The van der Waals surface area contributed by atoms with Gasteiger partial charge < -0.3 is 5.32 Å². The van der Waals surface area contributed by atoms with Crippen LogP contribution in [0, 0.1) is 0 Å². The maximum absolute atomic E-state index is 11.9. The molecule has 1 unspecified atom stereocenters. The standard InChI is InChI=1S/C9H19NO2S/c1-9(2,3)13(11,12)8-6-4-5-7-10-8/h8,10H,4-7H2,1-3H3. The van der Waals surface area contributed by atoms with Gasteiger partial charge in [0.15, 0.2) is 9.84 Å². The Hall–Kier alpha value is -0.0900. The molecule has 13 heavy (non-hydrogen) atoms. The molecule has 1 heterocycles. The number of hydrogen-bond acceptors (Lipinski definition) is 3. The van der Waals surface area contributed by atoms with Crippen LogP contribution < -0.4 is 5.32 Å². The molecule has 3 nitrogen and oxygen atoms in total. The Morgan fingerprint density at radius 3 is 2.23 bits per heavy atom. The van der Waals surface area contributed by atoms with E-state index in [4.69, 9.17) is 0 Å². The predicted octanol–water partition coefficient (Wildman–Crippen LogP) is 1.30. The fourth-order valence-corrected chi connectivity index (χ4v) is 3.18. The van der Waals surface area contributed by atoms with Crippen LogP contribution in [0.2, 0.25) is 0 Å². The van der Waals surface area contributed by atoms with Gasteiger partial charge in [0.25, 0.3) is 0 Å². The van der Waals surface area contributed by atoms with Gasteiger partial charge in [-0.25, -0.2) is 8.42 Å². The van der Waals surface area contributed by atoms with Crippen LogP contribution >= 0.6 is 0 Å². The topological polar surface area (TPSA) is 46.2 Å². The first kappa shape index (κ1) is 11.0. The molecule has 78 valence electrons. The van der Waals surface area contributed by atoms with E-state index in [0.29, 0.717) is 0 Å². The Bertz CT molecular complexity index is 258. The lowest BCUT2D eigenvalue weighted by molar-refractivity contribution is 0.449. The molecule has 0 spiro atoms. The lowest BCUT2D eigenvalue weighted by Crippen LogP contribution is -2.47. The van der Waals surface area contributed by atoms with E-state index >= 15 is 0 Å². The van der Waals surface area contributed by atoms with Crippen LogP contribution in [0.1, 0.15) is 40.0 Å². The fourth-order valence-electron chi connectivity index (χ4n) is 1.51. The van der Waals surface area contributed by atoms with Gasteiger partial charge in [0, 0.05) is 0 Å². The van der Waals surface area contributed by atoms with Crippen LogP contribution in [-0.2, 0) is 9.84 Å². The summed E-state index contributed by atoms with van der Waals surface area (Å²) in [5.41, 5.74) is 0. The van der Waals surface area contributed by atoms with Gasteiger partial charge >= 0.3 is 0 Å². The van der Waals surface area contributed by atoms with Gasteiger partial charge in [0.1, 0.15) is 5.37 Å². The molecule has 1 aliphatic heterocycles. The SMILES string of the molecule is CC(C)(C)S(=O)(=O)C1CCCCN1. The molecule has 1 fully saturated rings. The van der Waals surface area contributed by atoms with Crippen LogP contribution in [0.25, 0.3) is 0 Å². The number of hydrogen-bond donors (Lipinski definition) is 1. The quantitative estimate of drug-likeness (QED) is 0.702. The molecular weight excluding hydrogens is 186 g/mol. The summed E-state index contributed by atoms with van der Waals surface area (Å²) in [4.78, 5) is 0. The van der Waals surface area contributed by atoms with Gasteiger partial charge in [-0.2, -0.15) is 0 Å². The zero-order chi connectivity index (χ0) is 10.1. The zero-order valence-corrected chi connectivity index (χ0v) is 9.45. The summed E-state index contributed by atoms with van der Waals surface area (Å²) in [5, 5.41) is 2.76. The van der Waals surface area contributed by atoms with Crippen LogP contribution in [-0.4, -0.2) is 25.1 Å². The normalized spacial score (nSPS) is 25.9. The highest BCUT2D eigenvalue weighted by Gasteiger charge is 2.37. The maximum Gasteiger partial charge on any atom is 0.170 e. The van der Waals surface area contributed by atoms with E-state index in [1.54, 1.807) is 20.8 Å². The van der Waals surface area contributed by atoms with Gasteiger partial charge in [-0.1, -0.05) is 0 Å². The van der Waals surface area contributed by atoms with Crippen LogP contribution in [0.5, 0.6) is 0 Å². The number of nitrogens with one attached hydrogen (secondary N) is 1. The molecule has 0 saturated carbocycles. The largest absolute Gasteiger partial charge is 0.301 e. The average Bonchev–Trinajstić information content (AvgIpc) is 2.04. The van der Waals surface area contributed by atoms with Crippen LogP contribution in [0.3, 0.4) is 0 Å². The maximum atomic E-state index is 11.9. The minimum Gasteiger partial charge on any atom is -0.301 e. The monoisotopic (exact) mass is 205 g/mol. The highest BCUT2D eigenvalue weighted by atomic mass is 32.2. The molecule has 0 aromatic heterocycles. The van der Waals surface area contributed by atoms with Crippen molar-refractivity contribution in [3.8, 4) is 0 Å². The number of rotatable bonds is 1. The van der Waals surface area contributed by atoms with Crippen molar-refractivity contribution in [2.24, 2.45) is 0 Å². The predicted molar refractivity (Wildman–Crippen MR) is 54.3 cm³/mol. The van der Waals surface area contributed by atoms with Crippen molar-refractivity contribution in [2.45, 2.75) is 50.2 Å². The molecule has 0 aliphatic carbocycles. The number of sulfone groups is 1. The Labute approximate surface area is 80.8 Å². The molecule has 0 amide bonds. The molecule has 0 aromatic carbocycles. The summed E-state index contributed by atoms with van der Waals surface area (Å²) in [6.07, 6.45) is 2.88. The molecule has 0 radical (unpaired) electrons. The van der Waals surface area contributed by atoms with Crippen molar-refractivity contribution < 1.29 is 8.42 Å². The lowest BCUT2D eigenvalue weighted by atomic mass is 10.2. The molecule has 0 bridgehead atoms. The molecule has 1 saturated heterocycles. The highest BCUT2D eigenvalue weighted by molar-refractivity contribution is 7.93. The first-order valence-corrected chi connectivity index (χ1v) is 6.37. The third kappa shape index (κ3) is 2.23. The fraction of sp³-hybridized carbons (Fsp3) is 1.00. The second kappa shape index (κ2) is 3.58. The van der Waals surface area contributed by atoms with Crippen molar-refractivity contribution in [1.82, 2.24) is 5.32 Å². The van der Waals surface area contributed by atoms with Crippen molar-refractivity contribution in [1.29, 1.82) is 0 Å². The smallest absolute Gasteiger partial charge is 0.170 e. The van der Waals surface area contributed by atoms with E-state index in [9.17, 15) is 8.42 Å². The zero-order valence-electron chi connectivity index (χ0n) is 8.63. The van der Waals surface area contributed by atoms with E-state index in [1.165, 1.54) is 0 Å². The van der Waals surface area contributed by atoms with E-state index < -0.39 is 14.6 Å². The molecular formula is C9H19NO2S. The lowest BCUT2D eigenvalue weighted by Gasteiger charge is -2.30. The van der Waals surface area contributed by atoms with Crippen molar-refractivity contribution in [2.75, 3.05) is 6.54 Å². The van der Waals surface area contributed by atoms with E-state index in [2.05, 4.69) is 5.32 Å². The molecule has 4 heteroatoms. The second-order valence-corrected chi connectivity index (χ2v) is 7.48. The van der Waals surface area contributed by atoms with Gasteiger partial charge in [-0.05, 0) is 46.6 Å². The summed E-state index contributed by atoms with van der Waals surface area (Å²) in [5.74, 6) is 0. The minimum atomic E-state index is -3.01. The Balaban J connectivity index is 2.80. The first-order chi connectivity index (χ1) is 5.86. The molecule has 1 atom stereocenters. The summed E-state index contributed by atoms with van der Waals surface area (Å²) < 4.78 is 23.3. The Morgan fingerprint density at radius 2 is 1.85 bits per heavy atom. The van der Waals surface area contributed by atoms with Gasteiger partial charge in [-0.3, -0.25) is 0 Å². The second-order valence-electron chi connectivity index (χ2n) is 4.60. The number of piperidine rings is 1. The molecule has 1 aliphatic rings. The van der Waals surface area contributed by atoms with Gasteiger partial charge in [0.05, 0.1) is 4.75 Å². The Morgan fingerprint density at radius 1 is 1.23 bits per heavy atom. The minimum absolute atomic E-state index is 0.318. The summed E-state index contributed by atoms with van der Waals surface area (Å²) in [7, 11) is -3.01. The third-order valence-electron chi connectivity index (χ3n) is 2.49. The summed E-state index contributed by atoms with van der Waals surface area (Å²) in [6.45, 7) is 6.12. The molecule has 1 N–H and O–H groups in total. The van der Waals surface area contributed by atoms with E-state index in [-0.39, 0.29) is 5.37 Å². The van der Waals surface area contributed by atoms with Crippen LogP contribution in [0.15, 0.2) is 0 Å². The van der Waals surface area contributed by atoms with E-state index in [1.807, 2.05) is 0 Å². The van der Waals surface area contributed by atoms with Crippen molar-refractivity contribution in [3.05, 3.63) is 0 Å². The van der Waals surface area contributed by atoms with Crippen LogP contribution in [0.4, 0.5) is 0 Å². The van der Waals surface area contributed by atoms with Crippen molar-refractivity contribution in [3.63, 3.8) is 0 Å². The Kier molecular flexibility index (Phi) is 3.02. The van der Waals surface area contributed by atoms with Crippen molar-refractivity contribution >= 4 is 9.84 Å².